The molecule has 3 rings (SSSR count). The van der Waals surface area contributed by atoms with Crippen LogP contribution in [0.4, 0.5) is 5.69 Å². The number of piperidine rings is 1. The molecule has 2 aromatic rings. The summed E-state index contributed by atoms with van der Waals surface area (Å²) >= 11 is 0. The van der Waals surface area contributed by atoms with E-state index in [0.717, 1.165) is 24.4 Å². The minimum atomic E-state index is 0. The highest BCUT2D eigenvalue weighted by Crippen LogP contribution is 2.32. The quantitative estimate of drug-likeness (QED) is 0.895. The van der Waals surface area contributed by atoms with Crippen molar-refractivity contribution in [1.29, 1.82) is 0 Å². The number of benzene rings is 2. The third-order valence-electron chi connectivity index (χ3n) is 3.99. The molecule has 0 aliphatic carbocycles. The van der Waals surface area contributed by atoms with Gasteiger partial charge in [0.15, 0.2) is 0 Å². The number of methoxy groups -OCH3 is 1. The van der Waals surface area contributed by atoms with E-state index in [1.165, 1.54) is 24.1 Å². The summed E-state index contributed by atoms with van der Waals surface area (Å²) in [6.07, 6.45) is 2.35. The summed E-state index contributed by atoms with van der Waals surface area (Å²) in [6.45, 7) is 2.19. The number of anilines is 1. The van der Waals surface area contributed by atoms with Gasteiger partial charge in [-0.1, -0.05) is 30.3 Å². The standard InChI is InChI=1S/C18H22N2O.ClH/c1-21-18-8-7-16(20-15-9-11-19-12-10-15)13-17(18)14-5-3-2-4-6-14;/h2-8,13,15,19-20H,9-12H2,1H3;1H. The topological polar surface area (TPSA) is 33.3 Å². The number of ether oxygens (including phenoxy) is 1. The lowest BCUT2D eigenvalue weighted by atomic mass is 10.0. The second-order valence-corrected chi connectivity index (χ2v) is 5.45. The van der Waals surface area contributed by atoms with Crippen LogP contribution in [0.25, 0.3) is 11.1 Å². The summed E-state index contributed by atoms with van der Waals surface area (Å²) in [7, 11) is 1.72. The number of rotatable bonds is 4. The van der Waals surface area contributed by atoms with E-state index in [1.54, 1.807) is 7.11 Å². The molecule has 0 spiro atoms. The van der Waals surface area contributed by atoms with Crippen LogP contribution in [0, 0.1) is 0 Å². The third-order valence-corrected chi connectivity index (χ3v) is 3.99. The van der Waals surface area contributed by atoms with Crippen molar-refractivity contribution >= 4 is 18.1 Å². The molecule has 0 atom stereocenters. The number of nitrogens with one attached hydrogen (secondary N) is 2. The molecule has 0 saturated carbocycles. The molecule has 0 amide bonds. The van der Waals surface area contributed by atoms with Crippen molar-refractivity contribution in [2.75, 3.05) is 25.5 Å². The molecular formula is C18H23ClN2O. The van der Waals surface area contributed by atoms with Crippen LogP contribution >= 0.6 is 12.4 Å². The van der Waals surface area contributed by atoms with E-state index >= 15 is 0 Å². The number of halogens is 1. The fourth-order valence-corrected chi connectivity index (χ4v) is 2.84. The maximum Gasteiger partial charge on any atom is 0.126 e. The predicted molar refractivity (Wildman–Crippen MR) is 95.2 cm³/mol. The van der Waals surface area contributed by atoms with Gasteiger partial charge in [-0.25, -0.2) is 0 Å². The molecule has 1 aliphatic rings. The largest absolute Gasteiger partial charge is 0.496 e. The molecule has 2 aromatic carbocycles. The van der Waals surface area contributed by atoms with Crippen molar-refractivity contribution in [2.45, 2.75) is 18.9 Å². The molecule has 1 saturated heterocycles. The van der Waals surface area contributed by atoms with Gasteiger partial charge in [-0.2, -0.15) is 0 Å². The normalized spacial score (nSPS) is 15.0. The highest BCUT2D eigenvalue weighted by Gasteiger charge is 2.13. The van der Waals surface area contributed by atoms with Crippen molar-refractivity contribution in [3.05, 3.63) is 48.5 Å². The average molecular weight is 319 g/mol. The Hall–Kier alpha value is -1.71. The molecule has 22 heavy (non-hydrogen) atoms. The first-order valence-corrected chi connectivity index (χ1v) is 7.57. The Kier molecular flexibility index (Phi) is 6.10. The van der Waals surface area contributed by atoms with Gasteiger partial charge in [0.25, 0.3) is 0 Å². The summed E-state index contributed by atoms with van der Waals surface area (Å²) in [5.74, 6) is 0.914. The Morgan fingerprint density at radius 3 is 2.45 bits per heavy atom. The molecule has 0 aromatic heterocycles. The lowest BCUT2D eigenvalue weighted by Crippen LogP contribution is -2.35. The first-order valence-electron chi connectivity index (χ1n) is 7.57. The Morgan fingerprint density at radius 1 is 1.05 bits per heavy atom. The molecule has 1 fully saturated rings. The van der Waals surface area contributed by atoms with Gasteiger partial charge >= 0.3 is 0 Å². The van der Waals surface area contributed by atoms with Gasteiger partial charge in [-0.15, -0.1) is 12.4 Å². The monoisotopic (exact) mass is 318 g/mol. The van der Waals surface area contributed by atoms with Crippen LogP contribution in [-0.4, -0.2) is 26.2 Å². The van der Waals surface area contributed by atoms with Crippen LogP contribution in [0.5, 0.6) is 5.75 Å². The fraction of sp³-hybridized carbons (Fsp3) is 0.333. The first kappa shape index (κ1) is 16.7. The maximum atomic E-state index is 5.51. The van der Waals surface area contributed by atoms with E-state index in [0.29, 0.717) is 6.04 Å². The molecule has 3 nitrogen and oxygen atoms in total. The van der Waals surface area contributed by atoms with E-state index in [1.807, 2.05) is 12.1 Å². The van der Waals surface area contributed by atoms with Gasteiger partial charge in [-0.05, 0) is 49.7 Å². The molecule has 0 bridgehead atoms. The molecule has 4 heteroatoms. The Labute approximate surface area is 138 Å². The second-order valence-electron chi connectivity index (χ2n) is 5.45. The van der Waals surface area contributed by atoms with Crippen LogP contribution in [0.3, 0.4) is 0 Å². The highest BCUT2D eigenvalue weighted by atomic mass is 35.5. The van der Waals surface area contributed by atoms with Crippen molar-refractivity contribution in [3.63, 3.8) is 0 Å². The zero-order valence-electron chi connectivity index (χ0n) is 12.8. The van der Waals surface area contributed by atoms with Gasteiger partial charge < -0.3 is 15.4 Å². The summed E-state index contributed by atoms with van der Waals surface area (Å²) in [6, 6.07) is 17.3. The lowest BCUT2D eigenvalue weighted by Gasteiger charge is -2.25. The third kappa shape index (κ3) is 3.93. The van der Waals surface area contributed by atoms with Gasteiger partial charge in [0.2, 0.25) is 0 Å². The van der Waals surface area contributed by atoms with Crippen molar-refractivity contribution in [2.24, 2.45) is 0 Å². The molecule has 118 valence electrons. The van der Waals surface area contributed by atoms with Gasteiger partial charge in [0.1, 0.15) is 5.75 Å². The van der Waals surface area contributed by atoms with E-state index in [-0.39, 0.29) is 12.4 Å². The zero-order valence-corrected chi connectivity index (χ0v) is 13.7. The van der Waals surface area contributed by atoms with E-state index in [2.05, 4.69) is 47.0 Å². The summed E-state index contributed by atoms with van der Waals surface area (Å²) in [5.41, 5.74) is 3.49. The number of hydrogen-bond donors (Lipinski definition) is 2. The molecular weight excluding hydrogens is 296 g/mol. The zero-order chi connectivity index (χ0) is 14.5. The Morgan fingerprint density at radius 2 is 1.77 bits per heavy atom. The van der Waals surface area contributed by atoms with E-state index in [4.69, 9.17) is 4.74 Å². The number of hydrogen-bond acceptors (Lipinski definition) is 3. The molecule has 2 N–H and O–H groups in total. The Balaban J connectivity index is 0.00000176. The fourth-order valence-electron chi connectivity index (χ4n) is 2.84. The minimum Gasteiger partial charge on any atom is -0.496 e. The van der Waals surface area contributed by atoms with Crippen LogP contribution in [0.1, 0.15) is 12.8 Å². The molecule has 1 aliphatic heterocycles. The Bertz CT molecular complexity index is 583. The van der Waals surface area contributed by atoms with Crippen LogP contribution in [0.2, 0.25) is 0 Å². The van der Waals surface area contributed by atoms with Gasteiger partial charge in [0, 0.05) is 17.3 Å². The first-order chi connectivity index (χ1) is 10.4. The lowest BCUT2D eigenvalue weighted by molar-refractivity contribution is 0.416. The van der Waals surface area contributed by atoms with Crippen molar-refractivity contribution in [3.8, 4) is 16.9 Å². The minimum absolute atomic E-state index is 0. The van der Waals surface area contributed by atoms with Crippen molar-refractivity contribution < 1.29 is 4.74 Å². The highest BCUT2D eigenvalue weighted by molar-refractivity contribution is 5.85. The summed E-state index contributed by atoms with van der Waals surface area (Å²) in [5, 5.41) is 7.04. The van der Waals surface area contributed by atoms with E-state index < -0.39 is 0 Å². The molecule has 0 radical (unpaired) electrons. The molecule has 0 unspecified atom stereocenters. The predicted octanol–water partition coefficient (Wildman–Crippen LogP) is 3.95. The van der Waals surface area contributed by atoms with Crippen LogP contribution in [0.15, 0.2) is 48.5 Å². The van der Waals surface area contributed by atoms with Gasteiger partial charge in [-0.3, -0.25) is 0 Å². The second kappa shape index (κ2) is 8.06. The summed E-state index contributed by atoms with van der Waals surface area (Å²) < 4.78 is 5.51. The average Bonchev–Trinajstić information content (AvgIpc) is 2.56. The maximum absolute atomic E-state index is 5.51. The van der Waals surface area contributed by atoms with E-state index in [9.17, 15) is 0 Å². The van der Waals surface area contributed by atoms with Crippen LogP contribution < -0.4 is 15.4 Å². The summed E-state index contributed by atoms with van der Waals surface area (Å²) in [4.78, 5) is 0. The van der Waals surface area contributed by atoms with Gasteiger partial charge in [0.05, 0.1) is 7.11 Å². The SMILES string of the molecule is COc1ccc(NC2CCNCC2)cc1-c1ccccc1.Cl. The smallest absolute Gasteiger partial charge is 0.126 e. The molecule has 1 heterocycles. The van der Waals surface area contributed by atoms with Crippen LogP contribution in [-0.2, 0) is 0 Å². The van der Waals surface area contributed by atoms with Crippen molar-refractivity contribution in [1.82, 2.24) is 5.32 Å².